The van der Waals surface area contributed by atoms with Gasteiger partial charge in [-0.15, -0.1) is 0 Å². The molecule has 0 aliphatic carbocycles. The molecule has 25 heavy (non-hydrogen) atoms. The van der Waals surface area contributed by atoms with E-state index in [0.717, 1.165) is 36.4 Å². The van der Waals surface area contributed by atoms with Gasteiger partial charge in [-0.1, -0.05) is 35.9 Å². The number of hydrogen-bond acceptors (Lipinski definition) is 4. The van der Waals surface area contributed by atoms with Gasteiger partial charge in [-0.05, 0) is 43.1 Å². The number of β-amino-alcohol motifs (C(OH)–C–C–N with tert-alkyl or cyclic N) is 1. The normalized spacial score (nSPS) is 19.0. The van der Waals surface area contributed by atoms with E-state index >= 15 is 0 Å². The molecule has 0 radical (unpaired) electrons. The summed E-state index contributed by atoms with van der Waals surface area (Å²) < 4.78 is 10.8. The molecule has 0 spiro atoms. The highest BCUT2D eigenvalue weighted by Gasteiger charge is 2.29. The van der Waals surface area contributed by atoms with Crippen LogP contribution in [-0.2, 0) is 0 Å². The SMILES string of the molecule is COc1ccc([C@@H]2CCCN2C[C@@H](O)c2ccccc2Cl)cc1OC. The number of likely N-dealkylation sites (tertiary alicyclic amines) is 1. The Morgan fingerprint density at radius 1 is 1.16 bits per heavy atom. The van der Waals surface area contributed by atoms with E-state index < -0.39 is 6.10 Å². The van der Waals surface area contributed by atoms with Gasteiger partial charge in [0, 0.05) is 23.2 Å². The maximum absolute atomic E-state index is 10.6. The molecular weight excluding hydrogens is 338 g/mol. The van der Waals surface area contributed by atoms with Crippen LogP contribution < -0.4 is 9.47 Å². The number of aliphatic hydroxyl groups is 1. The third-order valence-electron chi connectivity index (χ3n) is 4.83. The van der Waals surface area contributed by atoms with Crippen LogP contribution >= 0.6 is 11.6 Å². The topological polar surface area (TPSA) is 41.9 Å². The van der Waals surface area contributed by atoms with Crippen LogP contribution in [0.15, 0.2) is 42.5 Å². The second-order valence-electron chi connectivity index (χ2n) is 6.30. The van der Waals surface area contributed by atoms with Crippen molar-refractivity contribution < 1.29 is 14.6 Å². The van der Waals surface area contributed by atoms with Crippen LogP contribution in [0.3, 0.4) is 0 Å². The molecule has 4 nitrogen and oxygen atoms in total. The Kier molecular flexibility index (Phi) is 5.84. The van der Waals surface area contributed by atoms with Crippen molar-refractivity contribution in [3.63, 3.8) is 0 Å². The Morgan fingerprint density at radius 3 is 2.64 bits per heavy atom. The summed E-state index contributed by atoms with van der Waals surface area (Å²) in [4.78, 5) is 2.31. The third-order valence-corrected chi connectivity index (χ3v) is 5.17. The van der Waals surface area contributed by atoms with Gasteiger partial charge in [0.05, 0.1) is 20.3 Å². The number of aliphatic hydroxyl groups excluding tert-OH is 1. The highest BCUT2D eigenvalue weighted by atomic mass is 35.5. The fourth-order valence-electron chi connectivity index (χ4n) is 3.55. The van der Waals surface area contributed by atoms with Crippen LogP contribution in [0.1, 0.15) is 36.1 Å². The summed E-state index contributed by atoms with van der Waals surface area (Å²) in [5, 5.41) is 11.2. The Bertz CT molecular complexity index is 722. The van der Waals surface area contributed by atoms with E-state index in [9.17, 15) is 5.11 Å². The van der Waals surface area contributed by atoms with E-state index in [0.29, 0.717) is 11.6 Å². The Balaban J connectivity index is 1.78. The molecule has 3 rings (SSSR count). The molecule has 1 aliphatic heterocycles. The quantitative estimate of drug-likeness (QED) is 0.836. The Hall–Kier alpha value is -1.75. The van der Waals surface area contributed by atoms with Gasteiger partial charge in [-0.25, -0.2) is 0 Å². The maximum atomic E-state index is 10.6. The van der Waals surface area contributed by atoms with Crippen LogP contribution in [-0.4, -0.2) is 37.3 Å². The van der Waals surface area contributed by atoms with Gasteiger partial charge in [0.2, 0.25) is 0 Å². The molecule has 2 aromatic carbocycles. The first-order chi connectivity index (χ1) is 12.1. The molecule has 2 aromatic rings. The lowest BCUT2D eigenvalue weighted by Crippen LogP contribution is -2.28. The van der Waals surface area contributed by atoms with Gasteiger partial charge in [0.15, 0.2) is 11.5 Å². The van der Waals surface area contributed by atoms with E-state index in [-0.39, 0.29) is 6.04 Å². The second-order valence-corrected chi connectivity index (χ2v) is 6.71. The number of ether oxygens (including phenoxy) is 2. The molecule has 1 saturated heterocycles. The molecule has 1 fully saturated rings. The van der Waals surface area contributed by atoms with E-state index in [1.54, 1.807) is 14.2 Å². The molecule has 0 saturated carbocycles. The first kappa shape index (κ1) is 18.1. The van der Waals surface area contributed by atoms with Crippen molar-refractivity contribution >= 4 is 11.6 Å². The van der Waals surface area contributed by atoms with Crippen LogP contribution in [0, 0.1) is 0 Å². The first-order valence-corrected chi connectivity index (χ1v) is 8.90. The lowest BCUT2D eigenvalue weighted by molar-refractivity contribution is 0.106. The molecule has 0 amide bonds. The van der Waals surface area contributed by atoms with Crippen molar-refractivity contribution in [2.24, 2.45) is 0 Å². The van der Waals surface area contributed by atoms with Gasteiger partial charge in [-0.3, -0.25) is 4.90 Å². The zero-order chi connectivity index (χ0) is 17.8. The number of rotatable bonds is 6. The molecule has 2 atom stereocenters. The molecule has 5 heteroatoms. The Morgan fingerprint density at radius 2 is 1.92 bits per heavy atom. The van der Waals surface area contributed by atoms with Crippen molar-refractivity contribution in [1.82, 2.24) is 4.90 Å². The lowest BCUT2D eigenvalue weighted by Gasteiger charge is -2.28. The van der Waals surface area contributed by atoms with Crippen LogP contribution in [0.2, 0.25) is 5.02 Å². The van der Waals surface area contributed by atoms with Crippen molar-refractivity contribution in [1.29, 1.82) is 0 Å². The van der Waals surface area contributed by atoms with Crippen LogP contribution in [0.4, 0.5) is 0 Å². The van der Waals surface area contributed by atoms with Crippen molar-refractivity contribution in [2.45, 2.75) is 25.0 Å². The highest BCUT2D eigenvalue weighted by molar-refractivity contribution is 6.31. The fraction of sp³-hybridized carbons (Fsp3) is 0.400. The molecule has 1 aliphatic rings. The minimum absolute atomic E-state index is 0.261. The maximum Gasteiger partial charge on any atom is 0.161 e. The zero-order valence-electron chi connectivity index (χ0n) is 14.6. The monoisotopic (exact) mass is 361 g/mol. The van der Waals surface area contributed by atoms with Gasteiger partial charge in [0.1, 0.15) is 0 Å². The molecular formula is C20H24ClNO3. The number of hydrogen-bond donors (Lipinski definition) is 1. The third kappa shape index (κ3) is 3.92. The number of nitrogens with zero attached hydrogens (tertiary/aromatic N) is 1. The first-order valence-electron chi connectivity index (χ1n) is 8.52. The van der Waals surface area contributed by atoms with E-state index in [1.165, 1.54) is 5.56 Å². The van der Waals surface area contributed by atoms with E-state index in [2.05, 4.69) is 11.0 Å². The summed E-state index contributed by atoms with van der Waals surface area (Å²) >= 11 is 6.22. The summed E-state index contributed by atoms with van der Waals surface area (Å²) in [5.74, 6) is 1.46. The van der Waals surface area contributed by atoms with Crippen molar-refractivity contribution in [3.8, 4) is 11.5 Å². The average Bonchev–Trinajstić information content (AvgIpc) is 3.09. The molecule has 0 bridgehead atoms. The van der Waals surface area contributed by atoms with Crippen LogP contribution in [0.5, 0.6) is 11.5 Å². The summed E-state index contributed by atoms with van der Waals surface area (Å²) in [6, 6.07) is 13.8. The Labute approximate surface area is 153 Å². The van der Waals surface area contributed by atoms with Crippen LogP contribution in [0.25, 0.3) is 0 Å². The standard InChI is InChI=1S/C20H24ClNO3/c1-24-19-10-9-14(12-20(19)25-2)17-8-5-11-22(17)13-18(23)15-6-3-4-7-16(15)21/h3-4,6-7,9-10,12,17-18,23H,5,8,11,13H2,1-2H3/t17-,18+/m0/s1. The number of benzene rings is 2. The van der Waals surface area contributed by atoms with Crippen molar-refractivity contribution in [3.05, 3.63) is 58.6 Å². The predicted octanol–water partition coefficient (Wildman–Crippen LogP) is 4.23. The van der Waals surface area contributed by atoms with Gasteiger partial charge < -0.3 is 14.6 Å². The molecule has 1 heterocycles. The van der Waals surface area contributed by atoms with Crippen molar-refractivity contribution in [2.75, 3.05) is 27.3 Å². The molecule has 134 valence electrons. The summed E-state index contributed by atoms with van der Waals surface area (Å²) in [5.41, 5.74) is 1.96. The largest absolute Gasteiger partial charge is 0.493 e. The lowest BCUT2D eigenvalue weighted by atomic mass is 10.0. The van der Waals surface area contributed by atoms with Gasteiger partial charge >= 0.3 is 0 Å². The number of methoxy groups -OCH3 is 2. The zero-order valence-corrected chi connectivity index (χ0v) is 15.4. The van der Waals surface area contributed by atoms with Gasteiger partial charge in [-0.2, -0.15) is 0 Å². The number of halogens is 1. The minimum atomic E-state index is -0.602. The van der Waals surface area contributed by atoms with E-state index in [4.69, 9.17) is 21.1 Å². The predicted molar refractivity (Wildman–Crippen MR) is 99.5 cm³/mol. The highest BCUT2D eigenvalue weighted by Crippen LogP contribution is 2.38. The van der Waals surface area contributed by atoms with E-state index in [1.807, 2.05) is 36.4 Å². The molecule has 1 N–H and O–H groups in total. The summed E-state index contributed by atoms with van der Waals surface area (Å²) in [7, 11) is 3.29. The second kappa shape index (κ2) is 8.09. The fourth-order valence-corrected chi connectivity index (χ4v) is 3.81. The summed E-state index contributed by atoms with van der Waals surface area (Å²) in [6.45, 7) is 1.52. The summed E-state index contributed by atoms with van der Waals surface area (Å²) in [6.07, 6.45) is 1.56. The molecule has 0 unspecified atom stereocenters. The minimum Gasteiger partial charge on any atom is -0.493 e. The average molecular weight is 362 g/mol. The van der Waals surface area contributed by atoms with Gasteiger partial charge in [0.25, 0.3) is 0 Å². The molecule has 0 aromatic heterocycles. The smallest absolute Gasteiger partial charge is 0.161 e.